The number of aliphatic hydroxyl groups is 1. The summed E-state index contributed by atoms with van der Waals surface area (Å²) in [5, 5.41) is 14.0. The van der Waals surface area contributed by atoms with Gasteiger partial charge in [-0.3, -0.25) is 14.6 Å². The number of likely N-dealkylation sites (tertiary alicyclic amines) is 1. The molecule has 1 aliphatic rings. The van der Waals surface area contributed by atoms with Crippen molar-refractivity contribution < 1.29 is 19.4 Å². The molecule has 0 saturated carbocycles. The number of aromatic nitrogens is 1. The fourth-order valence-electron chi connectivity index (χ4n) is 3.37. The van der Waals surface area contributed by atoms with E-state index in [9.17, 15) is 14.7 Å². The molecule has 2 amide bonds. The van der Waals surface area contributed by atoms with Crippen molar-refractivity contribution in [3.8, 4) is 5.75 Å². The van der Waals surface area contributed by atoms with Gasteiger partial charge in [-0.1, -0.05) is 23.7 Å². The van der Waals surface area contributed by atoms with Crippen LogP contribution in [0.5, 0.6) is 5.75 Å². The number of carbonyl (C=O) groups is 2. The summed E-state index contributed by atoms with van der Waals surface area (Å²) in [6, 6.07) is 7.95. The van der Waals surface area contributed by atoms with Crippen molar-refractivity contribution >= 4 is 23.4 Å². The third kappa shape index (κ3) is 5.25. The van der Waals surface area contributed by atoms with Gasteiger partial charge in [0.05, 0.1) is 30.5 Å². The zero-order valence-corrected chi connectivity index (χ0v) is 17.1. The van der Waals surface area contributed by atoms with Crippen LogP contribution in [-0.4, -0.2) is 51.6 Å². The van der Waals surface area contributed by atoms with E-state index in [2.05, 4.69) is 10.3 Å². The fraction of sp³-hybridized carbons (Fsp3) is 0.381. The number of nitrogens with zero attached hydrogens (tertiary/aromatic N) is 2. The van der Waals surface area contributed by atoms with Crippen LogP contribution in [0.4, 0.5) is 0 Å². The average Bonchev–Trinajstić information content (AvgIpc) is 3.03. The number of amides is 2. The van der Waals surface area contributed by atoms with Gasteiger partial charge in [-0.05, 0) is 37.6 Å². The first-order chi connectivity index (χ1) is 13.8. The minimum absolute atomic E-state index is 0.0593. The van der Waals surface area contributed by atoms with Gasteiger partial charge in [0.2, 0.25) is 5.91 Å². The normalized spacial score (nSPS) is 21.1. The standard InChI is InChI=1S/C21H24ClN3O4/c1-3-29-17-8-15(11-23-12-17)20(27)25-13-21(2,28)9-18(25)19(26)24-10-14-4-6-16(22)7-5-14/h4-8,11-12,18,28H,3,9-10,13H2,1-2H3,(H,24,26)/t18-,21-/m0/s1. The van der Waals surface area contributed by atoms with E-state index >= 15 is 0 Å². The highest BCUT2D eigenvalue weighted by Gasteiger charge is 2.45. The minimum Gasteiger partial charge on any atom is -0.492 e. The Hall–Kier alpha value is -2.64. The predicted molar refractivity (Wildman–Crippen MR) is 109 cm³/mol. The van der Waals surface area contributed by atoms with E-state index in [4.69, 9.17) is 16.3 Å². The van der Waals surface area contributed by atoms with Gasteiger partial charge in [-0.15, -0.1) is 0 Å². The molecule has 29 heavy (non-hydrogen) atoms. The van der Waals surface area contributed by atoms with Gasteiger partial charge in [0.15, 0.2) is 0 Å². The van der Waals surface area contributed by atoms with E-state index in [1.165, 1.54) is 17.3 Å². The third-order valence-electron chi connectivity index (χ3n) is 4.73. The molecule has 0 radical (unpaired) electrons. The summed E-state index contributed by atoms with van der Waals surface area (Å²) in [7, 11) is 0. The lowest BCUT2D eigenvalue weighted by Crippen LogP contribution is -2.45. The number of pyridine rings is 1. The Labute approximate surface area is 174 Å². The third-order valence-corrected chi connectivity index (χ3v) is 4.99. The molecule has 7 nitrogen and oxygen atoms in total. The van der Waals surface area contributed by atoms with Crippen LogP contribution in [0.2, 0.25) is 5.02 Å². The molecule has 1 aromatic heterocycles. The van der Waals surface area contributed by atoms with Crippen LogP contribution in [0.25, 0.3) is 0 Å². The van der Waals surface area contributed by atoms with Crippen LogP contribution < -0.4 is 10.1 Å². The molecule has 1 aliphatic heterocycles. The fourth-order valence-corrected chi connectivity index (χ4v) is 3.50. The van der Waals surface area contributed by atoms with Crippen molar-refractivity contribution in [1.29, 1.82) is 0 Å². The minimum atomic E-state index is -1.15. The maximum absolute atomic E-state index is 13.0. The van der Waals surface area contributed by atoms with E-state index in [0.29, 0.717) is 29.5 Å². The lowest BCUT2D eigenvalue weighted by molar-refractivity contribution is -0.125. The van der Waals surface area contributed by atoms with Crippen molar-refractivity contribution in [1.82, 2.24) is 15.2 Å². The highest BCUT2D eigenvalue weighted by Crippen LogP contribution is 2.29. The Morgan fingerprint density at radius 3 is 2.76 bits per heavy atom. The average molecular weight is 418 g/mol. The lowest BCUT2D eigenvalue weighted by Gasteiger charge is -2.24. The van der Waals surface area contributed by atoms with Gasteiger partial charge in [0.1, 0.15) is 11.8 Å². The molecule has 2 N–H and O–H groups in total. The highest BCUT2D eigenvalue weighted by atomic mass is 35.5. The van der Waals surface area contributed by atoms with Crippen molar-refractivity contribution in [2.24, 2.45) is 0 Å². The molecule has 0 spiro atoms. The van der Waals surface area contributed by atoms with E-state index in [0.717, 1.165) is 5.56 Å². The molecule has 0 bridgehead atoms. The van der Waals surface area contributed by atoms with Gasteiger partial charge in [0, 0.05) is 24.2 Å². The molecule has 2 aromatic rings. The number of β-amino-alcohol motifs (C(OH)–C–C–N with tert-alkyl or cyclic N) is 1. The molecule has 8 heteroatoms. The van der Waals surface area contributed by atoms with Crippen LogP contribution in [0.1, 0.15) is 36.2 Å². The first-order valence-electron chi connectivity index (χ1n) is 9.42. The van der Waals surface area contributed by atoms with Gasteiger partial charge in [0.25, 0.3) is 5.91 Å². The molecule has 154 valence electrons. The van der Waals surface area contributed by atoms with Crippen LogP contribution in [0.3, 0.4) is 0 Å². The Morgan fingerprint density at radius 1 is 1.34 bits per heavy atom. The van der Waals surface area contributed by atoms with Crippen LogP contribution in [0.15, 0.2) is 42.7 Å². The summed E-state index contributed by atoms with van der Waals surface area (Å²) in [5.74, 6) is -0.212. The quantitative estimate of drug-likeness (QED) is 0.753. The molecule has 3 rings (SSSR count). The van der Waals surface area contributed by atoms with Crippen molar-refractivity contribution in [2.75, 3.05) is 13.2 Å². The topological polar surface area (TPSA) is 91.8 Å². The second-order valence-electron chi connectivity index (χ2n) is 7.34. The monoisotopic (exact) mass is 417 g/mol. The maximum atomic E-state index is 13.0. The predicted octanol–water partition coefficient (Wildman–Crippen LogP) is 2.42. The van der Waals surface area contributed by atoms with Crippen molar-refractivity contribution in [2.45, 2.75) is 38.5 Å². The van der Waals surface area contributed by atoms with Crippen LogP contribution in [-0.2, 0) is 11.3 Å². The number of hydrogen-bond acceptors (Lipinski definition) is 5. The van der Waals surface area contributed by atoms with E-state index in [-0.39, 0.29) is 24.8 Å². The Bertz CT molecular complexity index is 886. The van der Waals surface area contributed by atoms with Crippen molar-refractivity contribution in [3.63, 3.8) is 0 Å². The molecule has 2 heterocycles. The Morgan fingerprint density at radius 2 is 2.07 bits per heavy atom. The molecular weight excluding hydrogens is 394 g/mol. The summed E-state index contributed by atoms with van der Waals surface area (Å²) in [5.41, 5.74) is 0.0475. The number of nitrogens with one attached hydrogen (secondary N) is 1. The maximum Gasteiger partial charge on any atom is 0.256 e. The summed E-state index contributed by atoms with van der Waals surface area (Å²) in [6.45, 7) is 4.27. The Balaban J connectivity index is 1.74. The van der Waals surface area contributed by atoms with Gasteiger partial charge >= 0.3 is 0 Å². The van der Waals surface area contributed by atoms with Gasteiger partial charge in [-0.25, -0.2) is 0 Å². The number of ether oxygens (including phenoxy) is 1. The molecule has 0 unspecified atom stereocenters. The second-order valence-corrected chi connectivity index (χ2v) is 7.77. The van der Waals surface area contributed by atoms with E-state index < -0.39 is 11.6 Å². The summed E-state index contributed by atoms with van der Waals surface area (Å²) >= 11 is 5.88. The molecular formula is C21H24ClN3O4. The van der Waals surface area contributed by atoms with Gasteiger partial charge < -0.3 is 20.1 Å². The number of hydrogen-bond donors (Lipinski definition) is 2. The SMILES string of the molecule is CCOc1cncc(C(=O)N2C[C@@](C)(O)C[C@H]2C(=O)NCc2ccc(Cl)cc2)c1. The Kier molecular flexibility index (Phi) is 6.39. The number of carbonyl (C=O) groups excluding carboxylic acids is 2. The van der Waals surface area contributed by atoms with E-state index in [1.807, 2.05) is 19.1 Å². The van der Waals surface area contributed by atoms with E-state index in [1.54, 1.807) is 25.1 Å². The molecule has 2 atom stereocenters. The first-order valence-corrected chi connectivity index (χ1v) is 9.80. The van der Waals surface area contributed by atoms with Crippen LogP contribution in [0, 0.1) is 0 Å². The molecule has 1 saturated heterocycles. The zero-order chi connectivity index (χ0) is 21.0. The lowest BCUT2D eigenvalue weighted by atomic mass is 10.0. The summed E-state index contributed by atoms with van der Waals surface area (Å²) < 4.78 is 5.40. The molecule has 1 fully saturated rings. The largest absolute Gasteiger partial charge is 0.492 e. The number of halogens is 1. The van der Waals surface area contributed by atoms with Crippen molar-refractivity contribution in [3.05, 3.63) is 58.9 Å². The van der Waals surface area contributed by atoms with Crippen LogP contribution >= 0.6 is 11.6 Å². The second kappa shape index (κ2) is 8.80. The molecule has 1 aromatic carbocycles. The van der Waals surface area contributed by atoms with Gasteiger partial charge in [-0.2, -0.15) is 0 Å². The number of benzene rings is 1. The summed E-state index contributed by atoms with van der Waals surface area (Å²) in [6.07, 6.45) is 3.11. The zero-order valence-electron chi connectivity index (χ0n) is 16.4. The smallest absolute Gasteiger partial charge is 0.256 e. The highest BCUT2D eigenvalue weighted by molar-refractivity contribution is 6.30. The number of rotatable bonds is 6. The first kappa shape index (κ1) is 21.1. The molecule has 0 aliphatic carbocycles. The summed E-state index contributed by atoms with van der Waals surface area (Å²) in [4.78, 5) is 31.3.